The molecule has 0 aromatic carbocycles. The summed E-state index contributed by atoms with van der Waals surface area (Å²) in [5.74, 6) is -0.152. The molecule has 0 aliphatic rings. The van der Waals surface area contributed by atoms with Crippen molar-refractivity contribution in [2.75, 3.05) is 27.4 Å². The lowest BCUT2D eigenvalue weighted by molar-refractivity contribution is -0.140. The Morgan fingerprint density at radius 3 is 2.69 bits per heavy atom. The van der Waals surface area contributed by atoms with Crippen LogP contribution in [0.4, 0.5) is 0 Å². The van der Waals surface area contributed by atoms with Gasteiger partial charge in [0.2, 0.25) is 0 Å². The van der Waals surface area contributed by atoms with Gasteiger partial charge in [0, 0.05) is 19.6 Å². The third-order valence-corrected chi connectivity index (χ3v) is 1.69. The third kappa shape index (κ3) is 7.74. The quantitative estimate of drug-likeness (QED) is 0.469. The highest BCUT2D eigenvalue weighted by molar-refractivity contribution is 5.69. The monoisotopic (exact) mass is 189 g/mol. The number of esters is 1. The summed E-state index contributed by atoms with van der Waals surface area (Å²) in [7, 11) is 3.08. The molecule has 0 fully saturated rings. The van der Waals surface area contributed by atoms with Crippen molar-refractivity contribution in [3.8, 4) is 0 Å². The van der Waals surface area contributed by atoms with E-state index in [0.29, 0.717) is 19.1 Å². The number of hydrogen-bond donors (Lipinski definition) is 1. The summed E-state index contributed by atoms with van der Waals surface area (Å²) in [6, 6.07) is 0.336. The van der Waals surface area contributed by atoms with Crippen LogP contribution in [0.2, 0.25) is 0 Å². The maximum absolute atomic E-state index is 10.7. The van der Waals surface area contributed by atoms with E-state index in [2.05, 4.69) is 10.1 Å². The Labute approximate surface area is 79.6 Å². The second-order valence-corrected chi connectivity index (χ2v) is 2.99. The number of carbonyl (C=O) groups excluding carboxylic acids is 1. The maximum Gasteiger partial charge on any atom is 0.305 e. The molecule has 4 heteroatoms. The van der Waals surface area contributed by atoms with Gasteiger partial charge in [-0.25, -0.2) is 0 Å². The summed E-state index contributed by atoms with van der Waals surface area (Å²) < 4.78 is 9.46. The molecule has 0 spiro atoms. The first-order chi connectivity index (χ1) is 6.20. The van der Waals surface area contributed by atoms with Crippen LogP contribution >= 0.6 is 0 Å². The van der Waals surface area contributed by atoms with Crippen LogP contribution in [0.3, 0.4) is 0 Å². The molecule has 1 atom stereocenters. The van der Waals surface area contributed by atoms with E-state index >= 15 is 0 Å². The smallest absolute Gasteiger partial charge is 0.305 e. The molecule has 0 aliphatic carbocycles. The predicted octanol–water partition coefficient (Wildman–Crippen LogP) is 0.564. The van der Waals surface area contributed by atoms with Crippen LogP contribution in [0.1, 0.15) is 19.8 Å². The normalized spacial score (nSPS) is 12.5. The van der Waals surface area contributed by atoms with Crippen molar-refractivity contribution in [2.24, 2.45) is 0 Å². The Morgan fingerprint density at radius 2 is 2.15 bits per heavy atom. The summed E-state index contributed by atoms with van der Waals surface area (Å²) in [4.78, 5) is 10.7. The van der Waals surface area contributed by atoms with Crippen LogP contribution in [0, 0.1) is 0 Å². The number of nitrogens with one attached hydrogen (secondary N) is 1. The maximum atomic E-state index is 10.7. The van der Waals surface area contributed by atoms with E-state index in [1.54, 1.807) is 7.11 Å². The summed E-state index contributed by atoms with van der Waals surface area (Å²) in [5.41, 5.74) is 0. The van der Waals surface area contributed by atoms with E-state index in [-0.39, 0.29) is 5.97 Å². The number of methoxy groups -OCH3 is 2. The number of ether oxygens (including phenoxy) is 2. The van der Waals surface area contributed by atoms with Crippen LogP contribution in [0.5, 0.6) is 0 Å². The van der Waals surface area contributed by atoms with Gasteiger partial charge in [-0.05, 0) is 19.9 Å². The Morgan fingerprint density at radius 1 is 1.46 bits per heavy atom. The molecular formula is C9H19NO3. The van der Waals surface area contributed by atoms with Gasteiger partial charge in [-0.3, -0.25) is 4.79 Å². The molecule has 1 unspecified atom stereocenters. The van der Waals surface area contributed by atoms with E-state index in [1.165, 1.54) is 7.11 Å². The van der Waals surface area contributed by atoms with Crippen molar-refractivity contribution >= 4 is 5.97 Å². The zero-order valence-corrected chi connectivity index (χ0v) is 8.63. The molecule has 0 saturated heterocycles. The van der Waals surface area contributed by atoms with Crippen molar-refractivity contribution in [3.63, 3.8) is 0 Å². The Hall–Kier alpha value is -0.610. The third-order valence-electron chi connectivity index (χ3n) is 1.69. The lowest BCUT2D eigenvalue weighted by atomic mass is 10.3. The number of rotatable bonds is 7. The zero-order chi connectivity index (χ0) is 10.1. The predicted molar refractivity (Wildman–Crippen MR) is 50.6 cm³/mol. The molecule has 1 N–H and O–H groups in total. The summed E-state index contributed by atoms with van der Waals surface area (Å²) in [6.45, 7) is 3.56. The molecule has 0 aromatic heterocycles. The van der Waals surface area contributed by atoms with Gasteiger partial charge in [0.1, 0.15) is 0 Å². The fourth-order valence-electron chi connectivity index (χ4n) is 0.992. The highest BCUT2D eigenvalue weighted by Crippen LogP contribution is 1.91. The van der Waals surface area contributed by atoms with Crippen molar-refractivity contribution in [3.05, 3.63) is 0 Å². The molecule has 0 amide bonds. The minimum Gasteiger partial charge on any atom is -0.469 e. The van der Waals surface area contributed by atoms with Gasteiger partial charge in [-0.2, -0.15) is 0 Å². The number of carbonyl (C=O) groups is 1. The van der Waals surface area contributed by atoms with Crippen LogP contribution < -0.4 is 5.32 Å². The fourth-order valence-corrected chi connectivity index (χ4v) is 0.992. The molecule has 0 bridgehead atoms. The minimum atomic E-state index is -0.152. The molecule has 0 radical (unpaired) electrons. The average Bonchev–Trinajstić information content (AvgIpc) is 2.12. The standard InChI is InChI=1S/C9H19NO3/c1-8(7-12-2)10-6-4-5-9(11)13-3/h8,10H,4-7H2,1-3H3. The Kier molecular flexibility index (Phi) is 7.63. The van der Waals surface area contributed by atoms with Crippen LogP contribution in [0.25, 0.3) is 0 Å². The van der Waals surface area contributed by atoms with Crippen LogP contribution in [-0.4, -0.2) is 39.4 Å². The SMILES string of the molecule is COCC(C)NCCCC(=O)OC. The lowest BCUT2D eigenvalue weighted by Crippen LogP contribution is -2.31. The molecule has 13 heavy (non-hydrogen) atoms. The largest absolute Gasteiger partial charge is 0.469 e. The highest BCUT2D eigenvalue weighted by atomic mass is 16.5. The second-order valence-electron chi connectivity index (χ2n) is 2.99. The minimum absolute atomic E-state index is 0.152. The van der Waals surface area contributed by atoms with Gasteiger partial charge < -0.3 is 14.8 Å². The molecule has 0 saturated carbocycles. The van der Waals surface area contributed by atoms with Crippen molar-refractivity contribution in [2.45, 2.75) is 25.8 Å². The van der Waals surface area contributed by atoms with Gasteiger partial charge >= 0.3 is 5.97 Å². The van der Waals surface area contributed by atoms with Gasteiger partial charge in [-0.1, -0.05) is 0 Å². The van der Waals surface area contributed by atoms with E-state index in [9.17, 15) is 4.79 Å². The lowest BCUT2D eigenvalue weighted by Gasteiger charge is -2.11. The molecular weight excluding hydrogens is 170 g/mol. The van der Waals surface area contributed by atoms with Crippen LogP contribution in [0.15, 0.2) is 0 Å². The van der Waals surface area contributed by atoms with Crippen molar-refractivity contribution < 1.29 is 14.3 Å². The van der Waals surface area contributed by atoms with E-state index < -0.39 is 0 Å². The highest BCUT2D eigenvalue weighted by Gasteiger charge is 2.01. The van der Waals surface area contributed by atoms with Gasteiger partial charge in [0.25, 0.3) is 0 Å². The summed E-state index contributed by atoms with van der Waals surface area (Å²) >= 11 is 0. The molecule has 0 heterocycles. The van der Waals surface area contributed by atoms with E-state index in [4.69, 9.17) is 4.74 Å². The topological polar surface area (TPSA) is 47.6 Å². The number of hydrogen-bond acceptors (Lipinski definition) is 4. The Balaban J connectivity index is 3.20. The molecule has 0 aliphatic heterocycles. The first-order valence-electron chi connectivity index (χ1n) is 4.49. The first kappa shape index (κ1) is 12.4. The average molecular weight is 189 g/mol. The molecule has 0 rings (SSSR count). The van der Waals surface area contributed by atoms with Crippen LogP contribution in [-0.2, 0) is 14.3 Å². The second kappa shape index (κ2) is 8.01. The van der Waals surface area contributed by atoms with Crippen molar-refractivity contribution in [1.82, 2.24) is 5.32 Å². The zero-order valence-electron chi connectivity index (χ0n) is 8.63. The van der Waals surface area contributed by atoms with Crippen molar-refractivity contribution in [1.29, 1.82) is 0 Å². The van der Waals surface area contributed by atoms with Gasteiger partial charge in [0.05, 0.1) is 13.7 Å². The summed E-state index contributed by atoms with van der Waals surface area (Å²) in [6.07, 6.45) is 1.28. The molecule has 78 valence electrons. The fraction of sp³-hybridized carbons (Fsp3) is 0.889. The molecule has 4 nitrogen and oxygen atoms in total. The van der Waals surface area contributed by atoms with E-state index in [0.717, 1.165) is 13.0 Å². The van der Waals surface area contributed by atoms with Gasteiger partial charge in [0.15, 0.2) is 0 Å². The molecule has 0 aromatic rings. The van der Waals surface area contributed by atoms with Gasteiger partial charge in [-0.15, -0.1) is 0 Å². The Bertz CT molecular complexity index is 139. The summed E-state index contributed by atoms with van der Waals surface area (Å²) in [5, 5.41) is 3.23. The van der Waals surface area contributed by atoms with E-state index in [1.807, 2.05) is 6.92 Å². The first-order valence-corrected chi connectivity index (χ1v) is 4.49.